The molecule has 23 atom stereocenters. The van der Waals surface area contributed by atoms with Crippen LogP contribution in [0, 0.1) is 0 Å². The fourth-order valence-electron chi connectivity index (χ4n) is 11.2. The Labute approximate surface area is 530 Å². The number of aliphatic carboxylic acids is 2. The number of fused-ring (bicyclic) bond motifs is 1. The third-order valence-electron chi connectivity index (χ3n) is 15.8. The van der Waals surface area contributed by atoms with Gasteiger partial charge in [-0.25, -0.2) is 14.4 Å². The Morgan fingerprint density at radius 3 is 1.90 bits per heavy atom. The average molecular weight is 1350 g/mol. The van der Waals surface area contributed by atoms with E-state index in [9.17, 15) is 126 Å². The van der Waals surface area contributed by atoms with Crippen molar-refractivity contribution in [1.82, 2.24) is 16.0 Å². The Hall–Kier alpha value is -7.12. The molecule has 0 radical (unpaired) electrons. The minimum absolute atomic E-state index is 0.0113. The van der Waals surface area contributed by atoms with Crippen molar-refractivity contribution in [2.75, 3.05) is 32.1 Å². The molecule has 7 rings (SSSR count). The highest BCUT2D eigenvalue weighted by atomic mass is 32.2. The number of ether oxygens (including phenoxy) is 8. The first kappa shape index (κ1) is 73.3. The Morgan fingerprint density at radius 1 is 0.688 bits per heavy atom. The molecular formula is C56H75N3O33S. The standard InChI is InChI=1S/C56H75N3O33S/c1-16(45-41(77)42(78)49(51(91-45)54(82)83)92-56-33(59-19(4)63)48(37(73)32(15-61)89-56)86-17(2)44-39(75)38(74)40(76)50(90-44)53(80)81)85-47(36(72)29(69)14-60)24(58-18(3)62)13-57-5-6-93-52-23(11-28(68)35(71)43(52)79)46-31(12-22-25(65)9-21(64)10-30(22)87-46)88-55(84)20-7-26(66)34(70)27(67)8-20/h7-11,16-17,24,29,31-33,36-42,44-51,56-57,60-61,64-79H,5-6,12-15H2,1-4H3,(H,58,62)(H,59,63)(H,80,81)(H,82,83)/t16?,17?,24?,29?,31-,32?,33?,36+,37-,38?,39?,40+,41?,42?,44+,45+,46-,47?,48?,49+,50?,51?,56+/m1/s1. The number of rotatable bonds is 26. The Morgan fingerprint density at radius 2 is 1.30 bits per heavy atom. The number of nitrogens with one attached hydrogen (secondary N) is 3. The Kier molecular flexibility index (Phi) is 24.4. The van der Waals surface area contributed by atoms with Gasteiger partial charge in [-0.05, 0) is 32.0 Å². The van der Waals surface area contributed by atoms with Crippen LogP contribution in [0.15, 0.2) is 35.2 Å². The topological polar surface area (TPSA) is 600 Å². The van der Waals surface area contributed by atoms with Crippen LogP contribution in [0.1, 0.15) is 55.3 Å². The first-order valence-corrected chi connectivity index (χ1v) is 29.6. The van der Waals surface area contributed by atoms with Crippen molar-refractivity contribution < 1.29 is 164 Å². The molecule has 0 aromatic heterocycles. The monoisotopic (exact) mass is 1350 g/mol. The maximum absolute atomic E-state index is 13.6. The highest BCUT2D eigenvalue weighted by molar-refractivity contribution is 7.99. The second kappa shape index (κ2) is 31.0. The molecule has 23 N–H and O–H groups in total. The van der Waals surface area contributed by atoms with Crippen molar-refractivity contribution in [3.8, 4) is 51.7 Å². The van der Waals surface area contributed by atoms with E-state index in [1.807, 2.05) is 0 Å². The van der Waals surface area contributed by atoms with Gasteiger partial charge < -0.3 is 156 Å². The number of phenols is 8. The third kappa shape index (κ3) is 16.3. The lowest BCUT2D eigenvalue weighted by Gasteiger charge is -2.49. The number of hydrogen-bond donors (Lipinski definition) is 23. The molecule has 0 spiro atoms. The molecule has 93 heavy (non-hydrogen) atoms. The molecule has 2 amide bonds. The lowest BCUT2D eigenvalue weighted by molar-refractivity contribution is -0.333. The third-order valence-corrected chi connectivity index (χ3v) is 16.9. The van der Waals surface area contributed by atoms with E-state index in [0.29, 0.717) is 0 Å². The summed E-state index contributed by atoms with van der Waals surface area (Å²) in [6.07, 6.45) is -41.4. The van der Waals surface area contributed by atoms with Crippen LogP contribution in [-0.2, 0) is 58.8 Å². The largest absolute Gasteiger partial charge is 0.508 e. The number of amides is 2. The number of aromatic hydroxyl groups is 8. The summed E-state index contributed by atoms with van der Waals surface area (Å²) in [5.74, 6) is -13.3. The van der Waals surface area contributed by atoms with Gasteiger partial charge >= 0.3 is 17.9 Å². The van der Waals surface area contributed by atoms with Crippen molar-refractivity contribution >= 4 is 41.5 Å². The zero-order valence-electron chi connectivity index (χ0n) is 49.6. The van der Waals surface area contributed by atoms with Crippen LogP contribution in [0.3, 0.4) is 0 Å². The summed E-state index contributed by atoms with van der Waals surface area (Å²) in [7, 11) is 0. The number of esters is 1. The molecule has 3 saturated heterocycles. The molecule has 4 aliphatic rings. The van der Waals surface area contributed by atoms with Gasteiger partial charge in [-0.1, -0.05) is 0 Å². The summed E-state index contributed by atoms with van der Waals surface area (Å²) in [6, 6.07) is 1.34. The number of carboxylic acids is 2. The molecule has 14 unspecified atom stereocenters. The van der Waals surface area contributed by atoms with Crippen LogP contribution in [-0.4, -0.2) is 298 Å². The first-order valence-electron chi connectivity index (χ1n) is 28.6. The molecule has 0 aliphatic carbocycles. The molecule has 36 nitrogen and oxygen atoms in total. The zero-order valence-corrected chi connectivity index (χ0v) is 50.4. The zero-order chi connectivity index (χ0) is 68.9. The van der Waals surface area contributed by atoms with Gasteiger partial charge in [0.05, 0.1) is 41.9 Å². The van der Waals surface area contributed by atoms with E-state index in [1.54, 1.807) is 0 Å². The number of carbonyl (C=O) groups excluding carboxylic acids is 3. The summed E-state index contributed by atoms with van der Waals surface area (Å²) in [5.41, 5.74) is -0.629. The Bertz CT molecular complexity index is 3120. The van der Waals surface area contributed by atoms with Gasteiger partial charge in [0, 0.05) is 62.4 Å². The average Bonchev–Trinajstić information content (AvgIpc) is 0.785. The van der Waals surface area contributed by atoms with Crippen molar-refractivity contribution in [3.05, 3.63) is 47.0 Å². The van der Waals surface area contributed by atoms with E-state index in [4.69, 9.17) is 37.9 Å². The quantitative estimate of drug-likeness (QED) is 0.0154. The number of hydrogen-bond acceptors (Lipinski definition) is 33. The molecule has 0 saturated carbocycles. The summed E-state index contributed by atoms with van der Waals surface area (Å²) < 4.78 is 46.8. The lowest BCUT2D eigenvalue weighted by atomic mass is 9.90. The number of aliphatic hydroxyl groups excluding tert-OH is 10. The second-order valence-electron chi connectivity index (χ2n) is 22.4. The number of aliphatic hydroxyl groups is 10. The maximum Gasteiger partial charge on any atom is 0.338 e. The van der Waals surface area contributed by atoms with E-state index in [-0.39, 0.29) is 40.5 Å². The molecule has 518 valence electrons. The minimum Gasteiger partial charge on any atom is -0.508 e. The van der Waals surface area contributed by atoms with Crippen LogP contribution >= 0.6 is 11.8 Å². The van der Waals surface area contributed by atoms with E-state index < -0.39 is 241 Å². The highest BCUT2D eigenvalue weighted by Gasteiger charge is 2.57. The van der Waals surface area contributed by atoms with Crippen LogP contribution in [0.2, 0.25) is 0 Å². The molecule has 3 aromatic rings. The summed E-state index contributed by atoms with van der Waals surface area (Å²) >= 11 is 0.782. The van der Waals surface area contributed by atoms with Gasteiger partial charge in [0.25, 0.3) is 0 Å². The van der Waals surface area contributed by atoms with Gasteiger partial charge in [-0.2, -0.15) is 0 Å². The molecule has 4 aliphatic heterocycles. The predicted octanol–water partition coefficient (Wildman–Crippen LogP) is -5.84. The maximum atomic E-state index is 13.6. The number of phenolic OH excluding ortho intramolecular Hbond substituents is 8. The number of carboxylic acid groups (broad SMARTS) is 2. The van der Waals surface area contributed by atoms with Crippen molar-refractivity contribution in [3.63, 3.8) is 0 Å². The second-order valence-corrected chi connectivity index (χ2v) is 23.5. The SMILES string of the molecule is CC(=O)NC(CNCCSc1c([C@H]2Oc3cc(O)cc(O)c3C[C@H]2OC(=O)c2cc(O)c(O)c(O)c2)cc(O)c(O)c1O)C(OC(C)[C@@H]1OC(C(=O)O)[C@@H](O[C@@H]2OC(CO)[C@@H](O)C(OC(C)[C@@H]3OC(C(=O)O)[C@@H](O)C(O)C3O)C2NC(C)=O)C(O)C1O)[C@@H](O)C(O)CO. The smallest absolute Gasteiger partial charge is 0.338 e. The fraction of sp³-hybridized carbons (Fsp3) is 0.589. The van der Waals surface area contributed by atoms with E-state index >= 15 is 0 Å². The van der Waals surface area contributed by atoms with Crippen molar-refractivity contribution in [2.45, 2.75) is 179 Å². The number of carbonyl (C=O) groups is 5. The molecule has 0 bridgehead atoms. The lowest BCUT2D eigenvalue weighted by Crippen LogP contribution is -2.70. The normalized spacial score (nSPS) is 30.7. The fourth-order valence-corrected chi connectivity index (χ4v) is 12.2. The molecular weight excluding hydrogens is 1270 g/mol. The van der Waals surface area contributed by atoms with Crippen molar-refractivity contribution in [1.29, 1.82) is 0 Å². The van der Waals surface area contributed by atoms with Crippen LogP contribution in [0.4, 0.5) is 0 Å². The van der Waals surface area contributed by atoms with Gasteiger partial charge in [0.2, 0.25) is 17.6 Å². The summed E-state index contributed by atoms with van der Waals surface area (Å²) in [4.78, 5) is 63.8. The highest BCUT2D eigenvalue weighted by Crippen LogP contribution is 2.51. The molecule has 3 aromatic carbocycles. The number of benzene rings is 3. The van der Waals surface area contributed by atoms with Crippen LogP contribution < -0.4 is 20.7 Å². The van der Waals surface area contributed by atoms with E-state index in [0.717, 1.165) is 62.9 Å². The Balaban J connectivity index is 1.09. The molecule has 4 heterocycles. The van der Waals surface area contributed by atoms with E-state index in [1.165, 1.54) is 6.92 Å². The van der Waals surface area contributed by atoms with Gasteiger partial charge in [0.1, 0.15) is 115 Å². The first-order chi connectivity index (χ1) is 43.7. The predicted molar refractivity (Wildman–Crippen MR) is 305 cm³/mol. The summed E-state index contributed by atoms with van der Waals surface area (Å²) in [5, 5.41) is 221. The van der Waals surface area contributed by atoms with Crippen LogP contribution in [0.25, 0.3) is 0 Å². The minimum atomic E-state index is -2.34. The van der Waals surface area contributed by atoms with Gasteiger partial charge in [-0.3, -0.25) is 9.59 Å². The summed E-state index contributed by atoms with van der Waals surface area (Å²) in [6.45, 7) is 1.65. The van der Waals surface area contributed by atoms with Crippen molar-refractivity contribution in [2.24, 2.45) is 0 Å². The van der Waals surface area contributed by atoms with Gasteiger partial charge in [-0.15, -0.1) is 11.8 Å². The number of thioether (sulfide) groups is 1. The van der Waals surface area contributed by atoms with Crippen LogP contribution in [0.5, 0.6) is 51.7 Å². The van der Waals surface area contributed by atoms with E-state index in [2.05, 4.69) is 16.0 Å². The molecule has 3 fully saturated rings. The molecule has 37 heteroatoms. The van der Waals surface area contributed by atoms with Gasteiger partial charge in [0.15, 0.2) is 53.3 Å².